The summed E-state index contributed by atoms with van der Waals surface area (Å²) in [6.07, 6.45) is 4.37. The summed E-state index contributed by atoms with van der Waals surface area (Å²) in [6, 6.07) is 22.5. The Labute approximate surface area is 219 Å². The Balaban J connectivity index is 0.00000324. The highest BCUT2D eigenvalue weighted by Gasteiger charge is 2.14. The van der Waals surface area contributed by atoms with Gasteiger partial charge in [0.1, 0.15) is 0 Å². The Morgan fingerprint density at radius 3 is 2.44 bits per heavy atom. The van der Waals surface area contributed by atoms with Crippen molar-refractivity contribution in [1.29, 1.82) is 0 Å². The first-order chi connectivity index (χ1) is 16.1. The van der Waals surface area contributed by atoms with Crippen molar-refractivity contribution in [1.82, 2.24) is 15.2 Å². The number of hydrogen-bond donors (Lipinski definition) is 2. The van der Waals surface area contributed by atoms with Gasteiger partial charge in [0.15, 0.2) is 5.96 Å². The fraction of sp³-hybridized carbons (Fsp3) is 0.333. The SMILES string of the molecule is CN=C(NCc1ccc(Cn2ccccc2=O)cc1)NC(C)c1cccc(N2CCCC2)c1.I. The smallest absolute Gasteiger partial charge is 0.250 e. The van der Waals surface area contributed by atoms with Crippen molar-refractivity contribution >= 4 is 35.6 Å². The number of guanidine groups is 1. The van der Waals surface area contributed by atoms with Crippen LogP contribution in [0.4, 0.5) is 5.69 Å². The summed E-state index contributed by atoms with van der Waals surface area (Å²) in [5.74, 6) is 0.772. The minimum absolute atomic E-state index is 0. The Morgan fingerprint density at radius 2 is 1.74 bits per heavy atom. The third-order valence-corrected chi connectivity index (χ3v) is 6.15. The molecule has 1 aromatic heterocycles. The van der Waals surface area contributed by atoms with Crippen molar-refractivity contribution in [2.24, 2.45) is 4.99 Å². The molecule has 1 fully saturated rings. The van der Waals surface area contributed by atoms with Gasteiger partial charge in [-0.1, -0.05) is 42.5 Å². The van der Waals surface area contributed by atoms with Crippen LogP contribution in [0.15, 0.2) is 82.7 Å². The van der Waals surface area contributed by atoms with Crippen LogP contribution in [-0.4, -0.2) is 30.7 Å². The maximum atomic E-state index is 11.9. The maximum absolute atomic E-state index is 11.9. The highest BCUT2D eigenvalue weighted by molar-refractivity contribution is 14.0. The monoisotopic (exact) mass is 571 g/mol. The molecule has 2 N–H and O–H groups in total. The summed E-state index contributed by atoms with van der Waals surface area (Å²) in [5.41, 5.74) is 4.83. The molecule has 0 bridgehead atoms. The zero-order chi connectivity index (χ0) is 23.0. The second-order valence-corrected chi connectivity index (χ2v) is 8.56. The lowest BCUT2D eigenvalue weighted by molar-refractivity contribution is 0.685. The van der Waals surface area contributed by atoms with E-state index in [-0.39, 0.29) is 35.6 Å². The summed E-state index contributed by atoms with van der Waals surface area (Å²) >= 11 is 0. The first-order valence-corrected chi connectivity index (χ1v) is 11.7. The van der Waals surface area contributed by atoms with E-state index in [1.165, 1.54) is 24.1 Å². The first-order valence-electron chi connectivity index (χ1n) is 11.7. The van der Waals surface area contributed by atoms with Crippen LogP contribution in [-0.2, 0) is 13.1 Å². The van der Waals surface area contributed by atoms with Gasteiger partial charge in [0.2, 0.25) is 0 Å². The number of rotatable bonds is 7. The van der Waals surface area contributed by atoms with Gasteiger partial charge in [-0.15, -0.1) is 24.0 Å². The molecule has 180 valence electrons. The minimum Gasteiger partial charge on any atom is -0.372 e. The summed E-state index contributed by atoms with van der Waals surface area (Å²) < 4.78 is 1.71. The molecule has 6 nitrogen and oxygen atoms in total. The normalized spacial score (nSPS) is 14.4. The summed E-state index contributed by atoms with van der Waals surface area (Å²) in [4.78, 5) is 18.8. The molecule has 1 atom stereocenters. The van der Waals surface area contributed by atoms with E-state index in [0.717, 1.165) is 30.2 Å². The molecule has 0 spiro atoms. The van der Waals surface area contributed by atoms with Crippen molar-refractivity contribution in [3.05, 3.63) is 100.0 Å². The Bertz CT molecular complexity index is 1140. The van der Waals surface area contributed by atoms with Crippen LogP contribution in [0, 0.1) is 0 Å². The van der Waals surface area contributed by atoms with E-state index in [2.05, 4.69) is 76.0 Å². The first kappa shape index (κ1) is 25.8. The molecule has 0 radical (unpaired) electrons. The quantitative estimate of drug-likeness (QED) is 0.249. The van der Waals surface area contributed by atoms with E-state index < -0.39 is 0 Å². The van der Waals surface area contributed by atoms with Gasteiger partial charge < -0.3 is 20.1 Å². The summed E-state index contributed by atoms with van der Waals surface area (Å²) in [6.45, 7) is 5.71. The summed E-state index contributed by atoms with van der Waals surface area (Å²) in [5, 5.41) is 6.91. The molecule has 1 saturated heterocycles. The molecule has 0 amide bonds. The molecule has 1 aliphatic rings. The predicted octanol–water partition coefficient (Wildman–Crippen LogP) is 4.54. The second kappa shape index (κ2) is 12.6. The third kappa shape index (κ3) is 6.85. The van der Waals surface area contributed by atoms with Crippen LogP contribution < -0.4 is 21.1 Å². The second-order valence-electron chi connectivity index (χ2n) is 8.56. The summed E-state index contributed by atoms with van der Waals surface area (Å²) in [7, 11) is 1.80. The van der Waals surface area contributed by atoms with Crippen molar-refractivity contribution in [3.8, 4) is 0 Å². The van der Waals surface area contributed by atoms with Crippen molar-refractivity contribution in [3.63, 3.8) is 0 Å². The molecule has 3 aromatic rings. The Morgan fingerprint density at radius 1 is 1.00 bits per heavy atom. The maximum Gasteiger partial charge on any atom is 0.250 e. The number of pyridine rings is 1. The number of anilines is 1. The number of nitrogens with one attached hydrogen (secondary N) is 2. The molecule has 1 aliphatic heterocycles. The fourth-order valence-electron chi connectivity index (χ4n) is 4.19. The Hall–Kier alpha value is -2.81. The molecule has 7 heteroatoms. The largest absolute Gasteiger partial charge is 0.372 e. The van der Waals surface area contributed by atoms with Gasteiger partial charge >= 0.3 is 0 Å². The van der Waals surface area contributed by atoms with Crippen LogP contribution in [0.2, 0.25) is 0 Å². The predicted molar refractivity (Wildman–Crippen MR) is 151 cm³/mol. The van der Waals surface area contributed by atoms with Crippen molar-refractivity contribution in [2.75, 3.05) is 25.0 Å². The lowest BCUT2D eigenvalue weighted by atomic mass is 10.1. The number of benzene rings is 2. The molecule has 34 heavy (non-hydrogen) atoms. The Kier molecular flexibility index (Phi) is 9.56. The van der Waals surface area contributed by atoms with Crippen molar-refractivity contribution < 1.29 is 0 Å². The van der Waals surface area contributed by atoms with E-state index in [1.54, 1.807) is 23.7 Å². The molecule has 0 saturated carbocycles. The highest BCUT2D eigenvalue weighted by Crippen LogP contribution is 2.24. The van der Waals surface area contributed by atoms with Crippen LogP contribution in [0.3, 0.4) is 0 Å². The minimum atomic E-state index is 0. The van der Waals surface area contributed by atoms with E-state index in [9.17, 15) is 4.79 Å². The van der Waals surface area contributed by atoms with Gasteiger partial charge in [0.25, 0.3) is 5.56 Å². The topological polar surface area (TPSA) is 61.7 Å². The van der Waals surface area contributed by atoms with E-state index in [0.29, 0.717) is 13.1 Å². The molecule has 2 aromatic carbocycles. The lowest BCUT2D eigenvalue weighted by Crippen LogP contribution is -2.38. The number of aromatic nitrogens is 1. The van der Waals surface area contributed by atoms with Crippen LogP contribution >= 0.6 is 24.0 Å². The van der Waals surface area contributed by atoms with Crippen molar-refractivity contribution in [2.45, 2.75) is 38.9 Å². The number of nitrogens with zero attached hydrogens (tertiary/aromatic N) is 3. The van der Waals surface area contributed by atoms with Gasteiger partial charge in [-0.2, -0.15) is 0 Å². The van der Waals surface area contributed by atoms with Gasteiger partial charge in [0, 0.05) is 44.6 Å². The van der Waals surface area contributed by atoms with Gasteiger partial charge in [-0.05, 0) is 54.7 Å². The van der Waals surface area contributed by atoms with Gasteiger partial charge in [0.05, 0.1) is 12.6 Å². The molecule has 4 rings (SSSR count). The van der Waals surface area contributed by atoms with E-state index in [4.69, 9.17) is 0 Å². The molecule has 0 aliphatic carbocycles. The van der Waals surface area contributed by atoms with Crippen LogP contribution in [0.1, 0.15) is 42.5 Å². The van der Waals surface area contributed by atoms with Gasteiger partial charge in [-0.25, -0.2) is 0 Å². The number of halogens is 1. The molecular weight excluding hydrogens is 537 g/mol. The van der Waals surface area contributed by atoms with Gasteiger partial charge in [-0.3, -0.25) is 9.79 Å². The average Bonchev–Trinajstić information content (AvgIpc) is 3.39. The fourth-order valence-corrected chi connectivity index (χ4v) is 4.19. The zero-order valence-electron chi connectivity index (χ0n) is 19.9. The number of aliphatic imine (C=N–C) groups is 1. The molecule has 2 heterocycles. The van der Waals surface area contributed by atoms with E-state index >= 15 is 0 Å². The third-order valence-electron chi connectivity index (χ3n) is 6.15. The number of hydrogen-bond acceptors (Lipinski definition) is 3. The lowest BCUT2D eigenvalue weighted by Gasteiger charge is -2.22. The van der Waals surface area contributed by atoms with Crippen LogP contribution in [0.25, 0.3) is 0 Å². The standard InChI is InChI=1S/C27H33N5O.HI/c1-21(24-8-7-9-25(18-24)31-15-5-6-16-31)30-27(28-2)29-19-22-11-13-23(14-12-22)20-32-17-4-3-10-26(32)33;/h3-4,7-14,17-18,21H,5-6,15-16,19-20H2,1-2H3,(H2,28,29,30);1H. The molecule has 1 unspecified atom stereocenters. The average molecular weight is 572 g/mol. The van der Waals surface area contributed by atoms with E-state index in [1.807, 2.05) is 12.3 Å². The zero-order valence-corrected chi connectivity index (χ0v) is 22.2. The van der Waals surface area contributed by atoms with Crippen LogP contribution in [0.5, 0.6) is 0 Å². The highest BCUT2D eigenvalue weighted by atomic mass is 127. The molecular formula is C27H34IN5O.